The second kappa shape index (κ2) is 5.76. The van der Waals surface area contributed by atoms with Gasteiger partial charge in [-0.1, -0.05) is 0 Å². The summed E-state index contributed by atoms with van der Waals surface area (Å²) in [5.41, 5.74) is 0.518. The average Bonchev–Trinajstić information content (AvgIpc) is 2.92. The van der Waals surface area contributed by atoms with Crippen molar-refractivity contribution < 1.29 is 19.4 Å². The molecular formula is C16H19NO4. The number of amides is 1. The molecule has 5 heteroatoms. The van der Waals surface area contributed by atoms with Gasteiger partial charge in [-0.15, -0.1) is 0 Å². The molecule has 112 valence electrons. The first-order chi connectivity index (χ1) is 10.1. The van der Waals surface area contributed by atoms with Gasteiger partial charge in [-0.25, -0.2) is 4.79 Å². The summed E-state index contributed by atoms with van der Waals surface area (Å²) >= 11 is 0. The van der Waals surface area contributed by atoms with Gasteiger partial charge in [-0.2, -0.15) is 0 Å². The molecule has 0 radical (unpaired) electrons. The van der Waals surface area contributed by atoms with E-state index in [1.165, 1.54) is 11.3 Å². The molecule has 2 aliphatic rings. The Labute approximate surface area is 123 Å². The van der Waals surface area contributed by atoms with Crippen molar-refractivity contribution in [1.82, 2.24) is 4.90 Å². The number of carbonyl (C=O) groups excluding carboxylic acids is 1. The molecule has 1 aromatic rings. The van der Waals surface area contributed by atoms with Gasteiger partial charge in [0.2, 0.25) is 0 Å². The zero-order valence-electron chi connectivity index (χ0n) is 11.8. The molecule has 1 amide bonds. The summed E-state index contributed by atoms with van der Waals surface area (Å²) in [6, 6.07) is 6.32. The van der Waals surface area contributed by atoms with E-state index >= 15 is 0 Å². The largest absolute Gasteiger partial charge is 0.490 e. The number of aliphatic carboxylic acids is 1. The minimum absolute atomic E-state index is 0.213. The van der Waals surface area contributed by atoms with Crippen LogP contribution in [0.15, 0.2) is 24.3 Å². The standard InChI is InChI=1S/C16H19NO4/c18-15(17-10-2-5-14(17)16(19)20)11-6-8-13(9-7-11)21-12-3-1-4-12/h6-9,12,14H,1-5,10H2,(H,19,20). The van der Waals surface area contributed by atoms with Crippen LogP contribution in [-0.4, -0.2) is 40.6 Å². The van der Waals surface area contributed by atoms with E-state index in [0.29, 0.717) is 24.6 Å². The van der Waals surface area contributed by atoms with Crippen LogP contribution in [0, 0.1) is 0 Å². The van der Waals surface area contributed by atoms with E-state index in [4.69, 9.17) is 9.84 Å². The van der Waals surface area contributed by atoms with Crippen LogP contribution in [0.5, 0.6) is 5.75 Å². The van der Waals surface area contributed by atoms with Gasteiger partial charge in [0.1, 0.15) is 11.8 Å². The van der Waals surface area contributed by atoms with Crippen LogP contribution in [0.4, 0.5) is 0 Å². The molecule has 0 bridgehead atoms. The summed E-state index contributed by atoms with van der Waals surface area (Å²) in [5.74, 6) is -0.367. The number of rotatable bonds is 4. The first-order valence-electron chi connectivity index (χ1n) is 7.45. The van der Waals surface area contributed by atoms with Crippen molar-refractivity contribution in [3.8, 4) is 5.75 Å². The van der Waals surface area contributed by atoms with Gasteiger partial charge < -0.3 is 14.7 Å². The summed E-state index contributed by atoms with van der Waals surface area (Å²) in [4.78, 5) is 25.0. The predicted molar refractivity (Wildman–Crippen MR) is 76.4 cm³/mol. The molecule has 2 fully saturated rings. The van der Waals surface area contributed by atoms with Gasteiger partial charge in [-0.05, 0) is 56.4 Å². The van der Waals surface area contributed by atoms with Crippen molar-refractivity contribution in [2.75, 3.05) is 6.54 Å². The molecule has 1 saturated heterocycles. The van der Waals surface area contributed by atoms with E-state index < -0.39 is 12.0 Å². The van der Waals surface area contributed by atoms with Gasteiger partial charge in [0.05, 0.1) is 6.10 Å². The summed E-state index contributed by atoms with van der Waals surface area (Å²) < 4.78 is 5.75. The Morgan fingerprint density at radius 3 is 2.38 bits per heavy atom. The Bertz CT molecular complexity index is 536. The van der Waals surface area contributed by atoms with Gasteiger partial charge in [0.25, 0.3) is 5.91 Å². The van der Waals surface area contributed by atoms with E-state index in [1.54, 1.807) is 24.3 Å². The van der Waals surface area contributed by atoms with Crippen LogP contribution in [0.3, 0.4) is 0 Å². The van der Waals surface area contributed by atoms with Crippen LogP contribution in [-0.2, 0) is 4.79 Å². The number of carboxylic acids is 1. The second-order valence-electron chi connectivity index (χ2n) is 5.69. The van der Waals surface area contributed by atoms with Gasteiger partial charge in [0, 0.05) is 12.1 Å². The number of ether oxygens (including phenoxy) is 1. The first kappa shape index (κ1) is 13.9. The SMILES string of the molecule is O=C(O)C1CCCN1C(=O)c1ccc(OC2CCC2)cc1. The number of carbonyl (C=O) groups is 2. The van der Waals surface area contributed by atoms with Gasteiger partial charge >= 0.3 is 5.97 Å². The van der Waals surface area contributed by atoms with E-state index in [2.05, 4.69) is 0 Å². The van der Waals surface area contributed by atoms with E-state index in [9.17, 15) is 9.59 Å². The molecule has 1 saturated carbocycles. The molecule has 1 atom stereocenters. The highest BCUT2D eigenvalue weighted by Crippen LogP contribution is 2.26. The lowest BCUT2D eigenvalue weighted by molar-refractivity contribution is -0.141. The Balaban J connectivity index is 1.68. The number of carboxylic acid groups (broad SMARTS) is 1. The molecule has 1 heterocycles. The fraction of sp³-hybridized carbons (Fsp3) is 0.500. The lowest BCUT2D eigenvalue weighted by Crippen LogP contribution is -2.40. The highest BCUT2D eigenvalue weighted by molar-refractivity contribution is 5.97. The zero-order chi connectivity index (χ0) is 14.8. The first-order valence-corrected chi connectivity index (χ1v) is 7.45. The average molecular weight is 289 g/mol. The summed E-state index contributed by atoms with van der Waals surface area (Å²) in [5, 5.41) is 9.14. The van der Waals surface area contributed by atoms with Crippen LogP contribution in [0.2, 0.25) is 0 Å². The number of hydrogen-bond acceptors (Lipinski definition) is 3. The van der Waals surface area contributed by atoms with Gasteiger partial charge in [-0.3, -0.25) is 4.79 Å². The van der Waals surface area contributed by atoms with Crippen molar-refractivity contribution >= 4 is 11.9 Å². The molecule has 3 rings (SSSR count). The zero-order valence-corrected chi connectivity index (χ0v) is 11.8. The van der Waals surface area contributed by atoms with Crippen LogP contribution in [0.25, 0.3) is 0 Å². The Morgan fingerprint density at radius 1 is 1.10 bits per heavy atom. The minimum atomic E-state index is -0.925. The van der Waals surface area contributed by atoms with E-state index in [-0.39, 0.29) is 5.91 Å². The Morgan fingerprint density at radius 2 is 1.81 bits per heavy atom. The van der Waals surface area contributed by atoms with Crippen molar-refractivity contribution in [2.24, 2.45) is 0 Å². The summed E-state index contributed by atoms with van der Waals surface area (Å²) in [6.07, 6.45) is 4.98. The van der Waals surface area contributed by atoms with Crippen molar-refractivity contribution in [3.05, 3.63) is 29.8 Å². The number of benzene rings is 1. The fourth-order valence-electron chi connectivity index (χ4n) is 2.79. The maximum absolute atomic E-state index is 12.4. The quantitative estimate of drug-likeness (QED) is 0.923. The molecule has 0 aromatic heterocycles. The lowest BCUT2D eigenvalue weighted by Gasteiger charge is -2.26. The predicted octanol–water partition coefficient (Wildman–Crippen LogP) is 2.31. The lowest BCUT2D eigenvalue weighted by atomic mass is 9.96. The maximum atomic E-state index is 12.4. The van der Waals surface area contributed by atoms with Crippen LogP contribution < -0.4 is 4.74 Å². The second-order valence-corrected chi connectivity index (χ2v) is 5.69. The molecule has 1 aliphatic heterocycles. The molecule has 5 nitrogen and oxygen atoms in total. The summed E-state index contributed by atoms with van der Waals surface area (Å²) in [6.45, 7) is 0.510. The normalized spacial score (nSPS) is 21.9. The molecule has 1 N–H and O–H groups in total. The molecular weight excluding hydrogens is 270 g/mol. The third kappa shape index (κ3) is 2.86. The fourth-order valence-corrected chi connectivity index (χ4v) is 2.79. The molecule has 1 unspecified atom stereocenters. The van der Waals surface area contributed by atoms with Crippen LogP contribution >= 0.6 is 0 Å². The van der Waals surface area contributed by atoms with Gasteiger partial charge in [0.15, 0.2) is 0 Å². The number of nitrogens with zero attached hydrogens (tertiary/aromatic N) is 1. The molecule has 0 spiro atoms. The van der Waals surface area contributed by atoms with Crippen molar-refractivity contribution in [2.45, 2.75) is 44.2 Å². The third-order valence-electron chi connectivity index (χ3n) is 4.25. The monoisotopic (exact) mass is 289 g/mol. The maximum Gasteiger partial charge on any atom is 0.326 e. The van der Waals surface area contributed by atoms with Crippen molar-refractivity contribution in [3.63, 3.8) is 0 Å². The Hall–Kier alpha value is -2.04. The highest BCUT2D eigenvalue weighted by Gasteiger charge is 2.34. The number of likely N-dealkylation sites (tertiary alicyclic amines) is 1. The van der Waals surface area contributed by atoms with Crippen molar-refractivity contribution in [1.29, 1.82) is 0 Å². The topological polar surface area (TPSA) is 66.8 Å². The number of hydrogen-bond donors (Lipinski definition) is 1. The Kier molecular flexibility index (Phi) is 3.82. The third-order valence-corrected chi connectivity index (χ3v) is 4.25. The highest BCUT2D eigenvalue weighted by atomic mass is 16.5. The van der Waals surface area contributed by atoms with Crippen LogP contribution in [0.1, 0.15) is 42.5 Å². The molecule has 1 aromatic carbocycles. The molecule has 21 heavy (non-hydrogen) atoms. The summed E-state index contributed by atoms with van der Waals surface area (Å²) in [7, 11) is 0. The smallest absolute Gasteiger partial charge is 0.326 e. The van der Waals surface area contributed by atoms with E-state index in [1.807, 2.05) is 0 Å². The molecule has 1 aliphatic carbocycles. The minimum Gasteiger partial charge on any atom is -0.490 e. The van der Waals surface area contributed by atoms with E-state index in [0.717, 1.165) is 25.0 Å².